The van der Waals surface area contributed by atoms with Crippen molar-refractivity contribution in [3.8, 4) is 5.88 Å². The molecule has 0 aliphatic heterocycles. The minimum Gasteiger partial charge on any atom is -0.481 e. The second-order valence-corrected chi connectivity index (χ2v) is 6.08. The van der Waals surface area contributed by atoms with Crippen LogP contribution in [0.25, 0.3) is 0 Å². The molecule has 0 saturated carbocycles. The predicted molar refractivity (Wildman–Crippen MR) is 74.6 cm³/mol. The highest BCUT2D eigenvalue weighted by Gasteiger charge is 2.09. The van der Waals surface area contributed by atoms with Crippen molar-refractivity contribution in [3.63, 3.8) is 0 Å². The summed E-state index contributed by atoms with van der Waals surface area (Å²) in [6.45, 7) is 1.09. The summed E-state index contributed by atoms with van der Waals surface area (Å²) in [6.07, 6.45) is 3.09. The van der Waals surface area contributed by atoms with E-state index in [1.807, 2.05) is 7.05 Å². The lowest BCUT2D eigenvalue weighted by molar-refractivity contribution is 0.397. The van der Waals surface area contributed by atoms with Crippen LogP contribution >= 0.6 is 0 Å². The van der Waals surface area contributed by atoms with Crippen LogP contribution in [0.5, 0.6) is 5.88 Å². The largest absolute Gasteiger partial charge is 0.481 e. The number of aromatic nitrogens is 1. The Labute approximate surface area is 114 Å². The maximum atomic E-state index is 11.7. The topological polar surface area (TPSA) is 80.3 Å². The normalized spacial score (nSPS) is 11.5. The first-order valence-corrected chi connectivity index (χ1v) is 7.83. The molecule has 0 spiro atoms. The molecule has 6 nitrogen and oxygen atoms in total. The van der Waals surface area contributed by atoms with Crippen molar-refractivity contribution in [2.45, 2.75) is 19.4 Å². The van der Waals surface area contributed by atoms with Gasteiger partial charge in [-0.05, 0) is 38.1 Å². The summed E-state index contributed by atoms with van der Waals surface area (Å²) in [6, 6.07) is 3.47. The van der Waals surface area contributed by atoms with Gasteiger partial charge in [0.25, 0.3) is 0 Å². The molecule has 1 rings (SSSR count). The van der Waals surface area contributed by atoms with Gasteiger partial charge in [0.2, 0.25) is 15.9 Å². The molecule has 0 amide bonds. The Hall–Kier alpha value is -1.18. The van der Waals surface area contributed by atoms with Gasteiger partial charge in [0, 0.05) is 18.8 Å². The van der Waals surface area contributed by atoms with Crippen LogP contribution in [-0.4, -0.2) is 39.9 Å². The fourth-order valence-electron chi connectivity index (χ4n) is 1.53. The van der Waals surface area contributed by atoms with Crippen LogP contribution in [0, 0.1) is 0 Å². The summed E-state index contributed by atoms with van der Waals surface area (Å²) in [5.74, 6) is 0.627. The Morgan fingerprint density at radius 2 is 2.16 bits per heavy atom. The summed E-state index contributed by atoms with van der Waals surface area (Å²) < 4.78 is 31.0. The SMILES string of the molecule is CNCCCCS(=O)(=O)NCc1ccnc(OC)c1. The zero-order chi connectivity index (χ0) is 14.1. The van der Waals surface area contributed by atoms with Gasteiger partial charge >= 0.3 is 0 Å². The van der Waals surface area contributed by atoms with Crippen LogP contribution in [0.4, 0.5) is 0 Å². The minimum atomic E-state index is -3.22. The molecular weight excluding hydrogens is 266 g/mol. The highest BCUT2D eigenvalue weighted by molar-refractivity contribution is 7.89. The molecule has 0 fully saturated rings. The molecule has 1 heterocycles. The lowest BCUT2D eigenvalue weighted by Crippen LogP contribution is -2.26. The second-order valence-electron chi connectivity index (χ2n) is 4.16. The van der Waals surface area contributed by atoms with E-state index in [1.165, 1.54) is 7.11 Å². The summed E-state index contributed by atoms with van der Waals surface area (Å²) in [4.78, 5) is 3.97. The number of nitrogens with one attached hydrogen (secondary N) is 2. The van der Waals surface area contributed by atoms with E-state index in [0.29, 0.717) is 12.3 Å². The molecule has 1 aromatic rings. The fraction of sp³-hybridized carbons (Fsp3) is 0.583. The van der Waals surface area contributed by atoms with E-state index >= 15 is 0 Å². The first kappa shape index (κ1) is 15.9. The van der Waals surface area contributed by atoms with Crippen LogP contribution < -0.4 is 14.8 Å². The van der Waals surface area contributed by atoms with Crippen molar-refractivity contribution in [2.24, 2.45) is 0 Å². The van der Waals surface area contributed by atoms with Crippen LogP contribution in [0.2, 0.25) is 0 Å². The Bertz CT molecular complexity index is 477. The third kappa shape index (κ3) is 6.51. The fourth-order valence-corrected chi connectivity index (χ4v) is 2.65. The zero-order valence-electron chi connectivity index (χ0n) is 11.3. The average molecular weight is 287 g/mol. The van der Waals surface area contributed by atoms with Crippen molar-refractivity contribution < 1.29 is 13.2 Å². The number of hydrogen-bond acceptors (Lipinski definition) is 5. The number of hydrogen-bond donors (Lipinski definition) is 2. The summed E-state index contributed by atoms with van der Waals surface area (Å²) in [7, 11) is 0.158. The first-order valence-electron chi connectivity index (χ1n) is 6.18. The molecule has 0 bridgehead atoms. The molecule has 1 aromatic heterocycles. The van der Waals surface area contributed by atoms with Crippen molar-refractivity contribution >= 4 is 10.0 Å². The molecule has 0 unspecified atom stereocenters. The molecule has 2 N–H and O–H groups in total. The molecule has 0 aliphatic rings. The highest BCUT2D eigenvalue weighted by atomic mass is 32.2. The smallest absolute Gasteiger partial charge is 0.213 e. The molecule has 19 heavy (non-hydrogen) atoms. The van der Waals surface area contributed by atoms with E-state index in [1.54, 1.807) is 18.3 Å². The van der Waals surface area contributed by atoms with Crippen LogP contribution in [0.15, 0.2) is 18.3 Å². The van der Waals surface area contributed by atoms with E-state index in [0.717, 1.165) is 18.5 Å². The second kappa shape index (κ2) is 8.08. The molecule has 7 heteroatoms. The van der Waals surface area contributed by atoms with Gasteiger partial charge in [0.15, 0.2) is 0 Å². The highest BCUT2D eigenvalue weighted by Crippen LogP contribution is 2.08. The van der Waals surface area contributed by atoms with E-state index in [4.69, 9.17) is 4.74 Å². The van der Waals surface area contributed by atoms with Gasteiger partial charge in [-0.15, -0.1) is 0 Å². The minimum absolute atomic E-state index is 0.150. The number of ether oxygens (including phenoxy) is 1. The van der Waals surface area contributed by atoms with Gasteiger partial charge in [-0.2, -0.15) is 0 Å². The average Bonchev–Trinajstić information content (AvgIpc) is 2.42. The van der Waals surface area contributed by atoms with Crippen LogP contribution in [-0.2, 0) is 16.6 Å². The lowest BCUT2D eigenvalue weighted by Gasteiger charge is -2.07. The molecule has 108 valence electrons. The Balaban J connectivity index is 2.41. The summed E-state index contributed by atoms with van der Waals surface area (Å²) in [5.41, 5.74) is 0.825. The Kier molecular flexibility index (Phi) is 6.75. The van der Waals surface area contributed by atoms with Gasteiger partial charge in [-0.25, -0.2) is 18.1 Å². The van der Waals surface area contributed by atoms with Gasteiger partial charge in [0.1, 0.15) is 0 Å². The Morgan fingerprint density at radius 3 is 2.84 bits per heavy atom. The van der Waals surface area contributed by atoms with Gasteiger partial charge < -0.3 is 10.1 Å². The summed E-state index contributed by atoms with van der Waals surface area (Å²) >= 11 is 0. The monoisotopic (exact) mass is 287 g/mol. The van der Waals surface area contributed by atoms with Gasteiger partial charge in [-0.1, -0.05) is 0 Å². The predicted octanol–water partition coefficient (Wildman–Crippen LogP) is 0.509. The molecular formula is C12H21N3O3S. The van der Waals surface area contributed by atoms with Crippen molar-refractivity contribution in [3.05, 3.63) is 23.9 Å². The number of rotatable bonds is 9. The number of pyridine rings is 1. The molecule has 0 aliphatic carbocycles. The quantitative estimate of drug-likeness (QED) is 0.647. The van der Waals surface area contributed by atoms with Crippen LogP contribution in [0.1, 0.15) is 18.4 Å². The van der Waals surface area contributed by atoms with E-state index in [9.17, 15) is 8.42 Å². The third-order valence-corrected chi connectivity index (χ3v) is 4.00. The Morgan fingerprint density at radius 1 is 1.37 bits per heavy atom. The van der Waals surface area contributed by atoms with Gasteiger partial charge in [0.05, 0.1) is 12.9 Å². The van der Waals surface area contributed by atoms with Crippen molar-refractivity contribution in [1.29, 1.82) is 0 Å². The third-order valence-electron chi connectivity index (χ3n) is 2.59. The van der Waals surface area contributed by atoms with Crippen molar-refractivity contribution in [1.82, 2.24) is 15.0 Å². The molecule has 0 aromatic carbocycles. The zero-order valence-corrected chi connectivity index (χ0v) is 12.2. The first-order chi connectivity index (χ1) is 9.07. The lowest BCUT2D eigenvalue weighted by atomic mass is 10.3. The number of sulfonamides is 1. The molecule has 0 saturated heterocycles. The van der Waals surface area contributed by atoms with E-state index in [-0.39, 0.29) is 12.3 Å². The van der Waals surface area contributed by atoms with Crippen molar-refractivity contribution in [2.75, 3.05) is 26.5 Å². The molecule has 0 radical (unpaired) electrons. The summed E-state index contributed by atoms with van der Waals surface area (Å²) in [5, 5.41) is 2.99. The van der Waals surface area contributed by atoms with E-state index in [2.05, 4.69) is 15.0 Å². The van der Waals surface area contributed by atoms with Crippen LogP contribution in [0.3, 0.4) is 0 Å². The maximum absolute atomic E-state index is 11.7. The number of nitrogens with zero attached hydrogens (tertiary/aromatic N) is 1. The van der Waals surface area contributed by atoms with Gasteiger partial charge in [-0.3, -0.25) is 0 Å². The standard InChI is InChI=1S/C12H21N3O3S/c1-13-6-3-4-8-19(16,17)15-10-11-5-7-14-12(9-11)18-2/h5,7,9,13,15H,3-4,6,8,10H2,1-2H3. The number of methoxy groups -OCH3 is 1. The number of unbranched alkanes of at least 4 members (excludes halogenated alkanes) is 1. The molecule has 0 atom stereocenters. The maximum Gasteiger partial charge on any atom is 0.213 e. The van der Waals surface area contributed by atoms with E-state index < -0.39 is 10.0 Å².